The highest BCUT2D eigenvalue weighted by Crippen LogP contribution is 2.44. The Balaban J connectivity index is 2.88. The second-order valence-corrected chi connectivity index (χ2v) is 60.2. The fraction of sp³-hybridized carbons (Fsp3) is 1.00. The van der Waals surface area contributed by atoms with Gasteiger partial charge in [0.2, 0.25) is 0 Å². The molecule has 2 aliphatic heterocycles. The van der Waals surface area contributed by atoms with Gasteiger partial charge in [-0.25, -0.2) is 0 Å². The molecule has 2 saturated heterocycles. The molecule has 0 N–H and O–H groups in total. The van der Waals surface area contributed by atoms with Crippen LogP contribution >= 0.6 is 11.8 Å². The monoisotopic (exact) mass is 934 g/mol. The van der Waals surface area contributed by atoms with E-state index in [4.69, 9.17) is 44.9 Å². The maximum absolute atomic E-state index is 7.30. The lowest BCUT2D eigenvalue weighted by molar-refractivity contribution is -0.198. The van der Waals surface area contributed by atoms with Gasteiger partial charge in [-0.2, -0.15) is 0 Å². The van der Waals surface area contributed by atoms with E-state index in [0.717, 1.165) is 0 Å². The van der Waals surface area contributed by atoms with Gasteiger partial charge in [-0.05, 0) is 157 Å². The third-order valence-corrected chi connectivity index (χ3v) is 17.0. The van der Waals surface area contributed by atoms with E-state index in [-0.39, 0.29) is 36.6 Å². The van der Waals surface area contributed by atoms with Gasteiger partial charge in [-0.15, -0.1) is 0 Å². The predicted molar refractivity (Wildman–Crippen MR) is 253 cm³/mol. The third kappa shape index (κ3) is 20.9. The molecule has 0 aliphatic carbocycles. The molecule has 328 valence electrons. The van der Waals surface area contributed by atoms with Crippen LogP contribution in [0.4, 0.5) is 0 Å². The predicted octanol–water partition coefficient (Wildman–Crippen LogP) is 10.2. The number of hydrogen-bond acceptors (Lipinski definition) is 11. The Bertz CT molecular complexity index is 1090. The first-order valence-electron chi connectivity index (χ1n) is 20.5. The van der Waals surface area contributed by atoms with Crippen molar-refractivity contribution in [1.29, 1.82) is 0 Å². The van der Waals surface area contributed by atoms with Crippen molar-refractivity contribution in [3.8, 4) is 0 Å². The summed E-state index contributed by atoms with van der Waals surface area (Å²) < 4.78 is 70.9. The fourth-order valence-corrected chi connectivity index (χ4v) is 15.8. The fourth-order valence-electron chi connectivity index (χ4n) is 6.29. The highest BCUT2D eigenvalue weighted by atomic mass is 32.2. The number of hydrogen-bond donors (Lipinski definition) is 0. The summed E-state index contributed by atoms with van der Waals surface area (Å²) in [6.45, 7) is 54.5. The van der Waals surface area contributed by atoms with Crippen LogP contribution in [0.3, 0.4) is 0 Å². The van der Waals surface area contributed by atoms with E-state index in [9.17, 15) is 0 Å². The van der Waals surface area contributed by atoms with E-state index in [1.807, 2.05) is 0 Å². The van der Waals surface area contributed by atoms with Crippen molar-refractivity contribution in [2.45, 2.75) is 217 Å². The molecular weight excluding hydrogens is 849 g/mol. The molecular formula is C36H86O10SSi8. The lowest BCUT2D eigenvalue weighted by Gasteiger charge is -2.54. The van der Waals surface area contributed by atoms with Crippen LogP contribution in [0, 0.1) is 0 Å². The smallest absolute Gasteiger partial charge is 0.184 e. The van der Waals surface area contributed by atoms with Crippen molar-refractivity contribution >= 4 is 78.3 Å². The third-order valence-electron chi connectivity index (χ3n) is 7.75. The molecule has 0 aromatic carbocycles. The molecule has 55 heavy (non-hydrogen) atoms. The number of ether oxygens (including phenoxy) is 2. The van der Waals surface area contributed by atoms with Crippen LogP contribution in [0.5, 0.6) is 0 Å². The van der Waals surface area contributed by atoms with E-state index in [1.54, 1.807) is 11.8 Å². The molecule has 2 heterocycles. The van der Waals surface area contributed by atoms with Crippen molar-refractivity contribution in [2.24, 2.45) is 0 Å². The molecule has 2 fully saturated rings. The van der Waals surface area contributed by atoms with E-state index >= 15 is 0 Å². The van der Waals surface area contributed by atoms with Crippen LogP contribution in [0.2, 0.25) is 157 Å². The molecule has 0 unspecified atom stereocenters. The largest absolute Gasteiger partial charge is 0.415 e. The van der Waals surface area contributed by atoms with Gasteiger partial charge in [-0.3, -0.25) is 0 Å². The second kappa shape index (κ2) is 19.4. The summed E-state index contributed by atoms with van der Waals surface area (Å²) in [6, 6.07) is 0. The first-order chi connectivity index (χ1) is 24.2. The topological polar surface area (TPSA) is 92.3 Å². The van der Waals surface area contributed by atoms with E-state index < -0.39 is 89.6 Å². The second-order valence-electron chi connectivity index (χ2n) is 23.2. The minimum atomic E-state index is -2.16. The summed E-state index contributed by atoms with van der Waals surface area (Å²) in [4.78, 5) is 0. The van der Waals surface area contributed by atoms with E-state index in [2.05, 4.69) is 157 Å². The van der Waals surface area contributed by atoms with Crippen LogP contribution in [-0.4, -0.2) is 139 Å². The number of thioether (sulfide) groups is 1. The Morgan fingerprint density at radius 2 is 0.527 bits per heavy atom. The standard InChI is InChI=1S/C36H86O10SSi8/c1-48(2,3)37-25-27-29(41-50(7,8)9)31(43-52(13,14)15)33(45-54(19,20)21)35(39-27)47-36-34(46-55(22,23)24)32(44-53(16,17)18)30(42-51(10,11)12)28(40-36)26-38-49(4,5)6/h27-36H,25-26H2,1-24H3/t27-,28-,29-,30-,31+,32+,33-,34-,35-,36-/m1/s1. The van der Waals surface area contributed by atoms with E-state index in [1.165, 1.54) is 0 Å². The minimum absolute atomic E-state index is 0.343. The van der Waals surface area contributed by atoms with Crippen molar-refractivity contribution < 1.29 is 44.9 Å². The molecule has 0 bridgehead atoms. The van der Waals surface area contributed by atoms with Gasteiger partial charge < -0.3 is 44.9 Å². The SMILES string of the molecule is C[Si](C)(C)OC[C@H]1O[C@H](S[C@H]2O[C@H](CO[Si](C)(C)C)[C@@H](O[Si](C)(C)C)[C@H](O[Si](C)(C)C)[C@H]2O[Si](C)(C)C)[C@H](O[Si](C)(C)C)[C@@H](O[Si](C)(C)C)[C@@H]1O[Si](C)(C)C. The highest BCUT2D eigenvalue weighted by Gasteiger charge is 2.56. The summed E-state index contributed by atoms with van der Waals surface area (Å²) in [5.41, 5.74) is -0.911. The maximum atomic E-state index is 7.30. The molecule has 2 aliphatic rings. The lowest BCUT2D eigenvalue weighted by atomic mass is 10.0. The zero-order chi connectivity index (χ0) is 43.0. The molecule has 0 aromatic rings. The van der Waals surface area contributed by atoms with Gasteiger partial charge in [0.05, 0.1) is 13.2 Å². The van der Waals surface area contributed by atoms with Crippen molar-refractivity contribution in [3.63, 3.8) is 0 Å². The first-order valence-corrected chi connectivity index (χ1v) is 48.7. The molecule has 2 rings (SSSR count). The summed E-state index contributed by atoms with van der Waals surface area (Å²) >= 11 is 1.66. The van der Waals surface area contributed by atoms with E-state index in [0.29, 0.717) is 13.2 Å². The Morgan fingerprint density at radius 1 is 0.309 bits per heavy atom. The molecule has 10 atom stereocenters. The summed E-state index contributed by atoms with van der Waals surface area (Å²) in [5.74, 6) is 0. The Kier molecular flexibility index (Phi) is 18.6. The van der Waals surface area contributed by atoms with Crippen molar-refractivity contribution in [2.75, 3.05) is 13.2 Å². The van der Waals surface area contributed by atoms with Crippen LogP contribution in [0.15, 0.2) is 0 Å². The Labute approximate surface area is 351 Å². The molecule has 10 nitrogen and oxygen atoms in total. The van der Waals surface area contributed by atoms with Gasteiger partial charge in [0.1, 0.15) is 59.7 Å². The molecule has 0 aromatic heterocycles. The summed E-state index contributed by atoms with van der Waals surface area (Å²) in [5, 5.41) is 0. The quantitative estimate of drug-likeness (QED) is 0.109. The van der Waals surface area contributed by atoms with Crippen LogP contribution < -0.4 is 0 Å². The normalized spacial score (nSPS) is 31.2. The zero-order valence-electron chi connectivity index (χ0n) is 39.7. The molecule has 0 radical (unpaired) electrons. The van der Waals surface area contributed by atoms with Crippen LogP contribution in [0.25, 0.3) is 0 Å². The molecule has 0 spiro atoms. The molecule has 19 heteroatoms. The highest BCUT2D eigenvalue weighted by molar-refractivity contribution is 8.00. The van der Waals surface area contributed by atoms with Gasteiger partial charge >= 0.3 is 0 Å². The minimum Gasteiger partial charge on any atom is -0.415 e. The van der Waals surface area contributed by atoms with Gasteiger partial charge in [-0.1, -0.05) is 11.8 Å². The van der Waals surface area contributed by atoms with Gasteiger partial charge in [0.15, 0.2) is 66.5 Å². The first kappa shape index (κ1) is 52.8. The molecule has 0 amide bonds. The Hall–Kier alpha value is 1.69. The molecule has 0 saturated carbocycles. The summed E-state index contributed by atoms with van der Waals surface area (Å²) in [7, 11) is -16.5. The van der Waals surface area contributed by atoms with Crippen molar-refractivity contribution in [1.82, 2.24) is 0 Å². The average Bonchev–Trinajstić information content (AvgIpc) is 2.88. The summed E-state index contributed by atoms with van der Waals surface area (Å²) in [6.07, 6.45) is -2.93. The van der Waals surface area contributed by atoms with Crippen molar-refractivity contribution in [3.05, 3.63) is 0 Å². The van der Waals surface area contributed by atoms with Crippen LogP contribution in [-0.2, 0) is 44.9 Å². The van der Waals surface area contributed by atoms with Crippen LogP contribution in [0.1, 0.15) is 0 Å². The Morgan fingerprint density at radius 3 is 0.745 bits per heavy atom. The maximum Gasteiger partial charge on any atom is 0.184 e. The lowest BCUT2D eigenvalue weighted by Crippen LogP contribution is -2.67. The van der Waals surface area contributed by atoms with Gasteiger partial charge in [0.25, 0.3) is 0 Å². The van der Waals surface area contributed by atoms with Gasteiger partial charge in [0, 0.05) is 0 Å². The number of rotatable bonds is 20. The zero-order valence-corrected chi connectivity index (χ0v) is 48.5. The average molecular weight is 936 g/mol.